The van der Waals surface area contributed by atoms with E-state index in [-0.39, 0.29) is 30.2 Å². The molecule has 1 aliphatic carbocycles. The Morgan fingerprint density at radius 2 is 2.25 bits per heavy atom. The molecule has 1 amide bonds. The van der Waals surface area contributed by atoms with Gasteiger partial charge in [0.2, 0.25) is 5.91 Å². The van der Waals surface area contributed by atoms with Gasteiger partial charge in [0.25, 0.3) is 5.56 Å². The van der Waals surface area contributed by atoms with Crippen LogP contribution >= 0.6 is 0 Å². The first-order valence-electron chi connectivity index (χ1n) is 8.51. The highest BCUT2D eigenvalue weighted by Gasteiger charge is 2.38. The van der Waals surface area contributed by atoms with Crippen LogP contribution in [0.5, 0.6) is 0 Å². The molecule has 0 radical (unpaired) electrons. The van der Waals surface area contributed by atoms with Crippen molar-refractivity contribution in [3.8, 4) is 0 Å². The molecule has 2 aromatic rings. The number of ether oxygens (including phenoxy) is 1. The lowest BCUT2D eigenvalue weighted by Crippen LogP contribution is -2.52. The summed E-state index contributed by atoms with van der Waals surface area (Å²) in [7, 11) is 0. The van der Waals surface area contributed by atoms with Crippen LogP contribution in [0.25, 0.3) is 10.9 Å². The predicted molar refractivity (Wildman–Crippen MR) is 89.8 cm³/mol. The predicted octanol–water partition coefficient (Wildman–Crippen LogP) is 1.48. The summed E-state index contributed by atoms with van der Waals surface area (Å²) < 4.78 is 7.17. The average Bonchev–Trinajstić information content (AvgIpc) is 3.06. The minimum absolute atomic E-state index is 0.0221. The zero-order chi connectivity index (χ0) is 16.7. The van der Waals surface area contributed by atoms with Gasteiger partial charge in [-0.2, -0.15) is 0 Å². The Morgan fingerprint density at radius 1 is 1.38 bits per heavy atom. The van der Waals surface area contributed by atoms with Gasteiger partial charge < -0.3 is 9.64 Å². The van der Waals surface area contributed by atoms with Crippen LogP contribution in [0.2, 0.25) is 0 Å². The van der Waals surface area contributed by atoms with Crippen molar-refractivity contribution in [3.05, 3.63) is 40.4 Å². The smallest absolute Gasteiger partial charge is 0.261 e. The van der Waals surface area contributed by atoms with Crippen molar-refractivity contribution in [1.82, 2.24) is 14.5 Å². The van der Waals surface area contributed by atoms with E-state index in [1.165, 1.54) is 10.9 Å². The molecule has 6 heteroatoms. The van der Waals surface area contributed by atoms with E-state index in [9.17, 15) is 9.59 Å². The number of benzene rings is 1. The third-order valence-corrected chi connectivity index (χ3v) is 5.16. The van der Waals surface area contributed by atoms with Crippen LogP contribution in [0.4, 0.5) is 0 Å². The van der Waals surface area contributed by atoms with Crippen LogP contribution in [0.1, 0.15) is 24.8 Å². The first kappa shape index (κ1) is 15.3. The molecule has 4 rings (SSSR count). The maximum Gasteiger partial charge on any atom is 0.261 e. The molecule has 1 saturated heterocycles. The summed E-state index contributed by atoms with van der Waals surface area (Å²) in [6.07, 6.45) is 4.75. The Balaban J connectivity index is 1.61. The Bertz CT molecular complexity index is 845. The average molecular weight is 327 g/mol. The molecule has 1 aromatic carbocycles. The SMILES string of the molecule is Cc1cccc2c(=O)n(CC(=O)N3CCO[C@H]4CCC[C@H]43)cnc12. The molecule has 1 aromatic heterocycles. The van der Waals surface area contributed by atoms with Gasteiger partial charge >= 0.3 is 0 Å². The van der Waals surface area contributed by atoms with Crippen LogP contribution in [-0.2, 0) is 16.1 Å². The number of para-hydroxylation sites is 1. The number of hydrogen-bond donors (Lipinski definition) is 0. The number of fused-ring (bicyclic) bond motifs is 2. The van der Waals surface area contributed by atoms with Crippen molar-refractivity contribution in [2.45, 2.75) is 44.9 Å². The molecule has 0 spiro atoms. The molecule has 0 N–H and O–H groups in total. The van der Waals surface area contributed by atoms with Gasteiger partial charge in [0.15, 0.2) is 0 Å². The van der Waals surface area contributed by atoms with Gasteiger partial charge in [-0.15, -0.1) is 0 Å². The lowest BCUT2D eigenvalue weighted by atomic mass is 10.1. The van der Waals surface area contributed by atoms with Gasteiger partial charge in [-0.1, -0.05) is 12.1 Å². The second-order valence-corrected chi connectivity index (χ2v) is 6.64. The highest BCUT2D eigenvalue weighted by atomic mass is 16.5. The van der Waals surface area contributed by atoms with E-state index in [0.29, 0.717) is 24.1 Å². The number of carbonyl (C=O) groups is 1. The first-order valence-corrected chi connectivity index (χ1v) is 8.51. The minimum atomic E-state index is -0.159. The van der Waals surface area contributed by atoms with E-state index in [2.05, 4.69) is 4.98 Å². The normalized spacial score (nSPS) is 23.5. The molecular formula is C18H21N3O3. The van der Waals surface area contributed by atoms with Crippen LogP contribution in [0.3, 0.4) is 0 Å². The molecule has 24 heavy (non-hydrogen) atoms. The van der Waals surface area contributed by atoms with Gasteiger partial charge in [0, 0.05) is 6.54 Å². The number of aromatic nitrogens is 2. The standard InChI is InChI=1S/C18H21N3O3/c1-12-4-2-5-13-17(12)19-11-20(18(13)23)10-16(22)21-8-9-24-15-7-3-6-14(15)21/h2,4-5,11,14-15H,3,6-10H2,1H3/t14-,15+/m1/s1. The molecule has 2 atom stereocenters. The van der Waals surface area contributed by atoms with Crippen molar-refractivity contribution in [2.24, 2.45) is 0 Å². The molecule has 2 aliphatic rings. The van der Waals surface area contributed by atoms with Crippen molar-refractivity contribution < 1.29 is 9.53 Å². The zero-order valence-corrected chi connectivity index (χ0v) is 13.8. The van der Waals surface area contributed by atoms with E-state index in [1.54, 1.807) is 6.07 Å². The third-order valence-electron chi connectivity index (χ3n) is 5.16. The summed E-state index contributed by atoms with van der Waals surface area (Å²) in [5.74, 6) is -0.0221. The first-order chi connectivity index (χ1) is 11.6. The number of rotatable bonds is 2. The van der Waals surface area contributed by atoms with E-state index < -0.39 is 0 Å². The van der Waals surface area contributed by atoms with Crippen LogP contribution in [-0.4, -0.2) is 45.7 Å². The number of morpholine rings is 1. The van der Waals surface area contributed by atoms with Crippen molar-refractivity contribution in [3.63, 3.8) is 0 Å². The topological polar surface area (TPSA) is 64.4 Å². The molecule has 1 aliphatic heterocycles. The molecule has 0 unspecified atom stereocenters. The van der Waals surface area contributed by atoms with Crippen molar-refractivity contribution in [2.75, 3.05) is 13.2 Å². The fourth-order valence-corrected chi connectivity index (χ4v) is 3.92. The molecule has 0 bridgehead atoms. The van der Waals surface area contributed by atoms with E-state index >= 15 is 0 Å². The third kappa shape index (κ3) is 2.51. The van der Waals surface area contributed by atoms with Gasteiger partial charge in [0.1, 0.15) is 6.54 Å². The maximum atomic E-state index is 12.7. The molecule has 2 heterocycles. The fraction of sp³-hybridized carbons (Fsp3) is 0.500. The molecule has 2 fully saturated rings. The Kier molecular flexibility index (Phi) is 3.84. The van der Waals surface area contributed by atoms with Crippen LogP contribution in [0, 0.1) is 6.92 Å². The Morgan fingerprint density at radius 3 is 3.12 bits per heavy atom. The van der Waals surface area contributed by atoms with E-state index in [1.807, 2.05) is 24.0 Å². The summed E-state index contributed by atoms with van der Waals surface area (Å²) in [6, 6.07) is 5.70. The molecule has 6 nitrogen and oxygen atoms in total. The number of hydrogen-bond acceptors (Lipinski definition) is 4. The van der Waals surface area contributed by atoms with Crippen LogP contribution < -0.4 is 5.56 Å². The summed E-state index contributed by atoms with van der Waals surface area (Å²) >= 11 is 0. The monoisotopic (exact) mass is 327 g/mol. The molecule has 1 saturated carbocycles. The quantitative estimate of drug-likeness (QED) is 0.838. The molecule has 126 valence electrons. The number of amides is 1. The number of aryl methyl sites for hydroxylation is 1. The second-order valence-electron chi connectivity index (χ2n) is 6.64. The summed E-state index contributed by atoms with van der Waals surface area (Å²) in [6.45, 7) is 3.16. The van der Waals surface area contributed by atoms with E-state index in [0.717, 1.165) is 24.8 Å². The Labute approximate surface area is 140 Å². The maximum absolute atomic E-state index is 12.7. The van der Waals surface area contributed by atoms with Gasteiger partial charge in [-0.3, -0.25) is 14.2 Å². The van der Waals surface area contributed by atoms with Gasteiger partial charge in [0.05, 0.1) is 36.0 Å². The van der Waals surface area contributed by atoms with Crippen molar-refractivity contribution >= 4 is 16.8 Å². The summed E-state index contributed by atoms with van der Waals surface area (Å²) in [4.78, 5) is 31.7. The zero-order valence-electron chi connectivity index (χ0n) is 13.8. The van der Waals surface area contributed by atoms with Gasteiger partial charge in [-0.05, 0) is 37.8 Å². The number of carbonyl (C=O) groups excluding carboxylic acids is 1. The lowest BCUT2D eigenvalue weighted by molar-refractivity contribution is -0.144. The van der Waals surface area contributed by atoms with Crippen molar-refractivity contribution in [1.29, 1.82) is 0 Å². The van der Waals surface area contributed by atoms with Crippen LogP contribution in [0.15, 0.2) is 29.3 Å². The molecular weight excluding hydrogens is 306 g/mol. The number of nitrogens with zero attached hydrogens (tertiary/aromatic N) is 3. The second kappa shape index (κ2) is 6.02. The summed E-state index contributed by atoms with van der Waals surface area (Å²) in [5.41, 5.74) is 1.51. The largest absolute Gasteiger partial charge is 0.374 e. The van der Waals surface area contributed by atoms with Gasteiger partial charge in [-0.25, -0.2) is 4.98 Å². The lowest BCUT2D eigenvalue weighted by Gasteiger charge is -2.37. The fourth-order valence-electron chi connectivity index (χ4n) is 3.92. The highest BCUT2D eigenvalue weighted by Crippen LogP contribution is 2.29. The Hall–Kier alpha value is -2.21. The summed E-state index contributed by atoms with van der Waals surface area (Å²) in [5, 5.41) is 0.561. The minimum Gasteiger partial charge on any atom is -0.374 e. The highest BCUT2D eigenvalue weighted by molar-refractivity contribution is 5.81. The van der Waals surface area contributed by atoms with E-state index in [4.69, 9.17) is 4.74 Å².